The van der Waals surface area contributed by atoms with Gasteiger partial charge in [0.15, 0.2) is 10.9 Å². The van der Waals surface area contributed by atoms with Gasteiger partial charge in [-0.2, -0.15) is 0 Å². The maximum atomic E-state index is 11.3. The molecule has 17 heavy (non-hydrogen) atoms. The van der Waals surface area contributed by atoms with Gasteiger partial charge in [-0.3, -0.25) is 4.79 Å². The molecule has 0 aromatic carbocycles. The summed E-state index contributed by atoms with van der Waals surface area (Å²) in [4.78, 5) is 18.7. The van der Waals surface area contributed by atoms with Crippen LogP contribution in [0, 0.1) is 5.41 Å². The van der Waals surface area contributed by atoms with Crippen molar-refractivity contribution in [1.29, 1.82) is 0 Å². The van der Waals surface area contributed by atoms with Gasteiger partial charge in [0.2, 0.25) is 0 Å². The first-order valence-electron chi connectivity index (χ1n) is 6.32. The topological polar surface area (TPSA) is 33.2 Å². The fraction of sp³-hybridized carbons (Fsp3) is 0.692. The van der Waals surface area contributed by atoms with Gasteiger partial charge in [0.05, 0.1) is 11.1 Å². The number of carbonyl (C=O) groups excluding carboxylic acids is 1. The molecule has 0 N–H and O–H groups in total. The van der Waals surface area contributed by atoms with E-state index in [2.05, 4.69) is 23.7 Å². The molecule has 3 nitrogen and oxygen atoms in total. The lowest BCUT2D eigenvalue weighted by atomic mass is 9.82. The Morgan fingerprint density at radius 3 is 2.71 bits per heavy atom. The first kappa shape index (κ1) is 12.6. The van der Waals surface area contributed by atoms with Crippen molar-refractivity contribution in [2.45, 2.75) is 40.0 Å². The molecule has 4 heteroatoms. The van der Waals surface area contributed by atoms with Crippen molar-refractivity contribution in [2.24, 2.45) is 5.41 Å². The molecular weight excluding hydrogens is 232 g/mol. The van der Waals surface area contributed by atoms with Crippen LogP contribution in [0.15, 0.2) is 6.20 Å². The molecule has 0 spiro atoms. The fourth-order valence-corrected chi connectivity index (χ4v) is 3.34. The van der Waals surface area contributed by atoms with Gasteiger partial charge in [0.1, 0.15) is 0 Å². The number of Topliss-reactive ketones (excluding diaryl/α,β-unsaturated/α-hetero) is 1. The fourth-order valence-electron chi connectivity index (χ4n) is 2.50. The summed E-state index contributed by atoms with van der Waals surface area (Å²) in [6.07, 6.45) is 5.41. The van der Waals surface area contributed by atoms with Crippen LogP contribution in [0.25, 0.3) is 0 Å². The molecule has 0 saturated carbocycles. The average Bonchev–Trinajstić information content (AvgIpc) is 2.96. The molecule has 0 aliphatic carbocycles. The zero-order chi connectivity index (χ0) is 12.5. The second-order valence-electron chi connectivity index (χ2n) is 4.94. The van der Waals surface area contributed by atoms with Crippen molar-refractivity contribution in [1.82, 2.24) is 4.98 Å². The third-order valence-electron chi connectivity index (χ3n) is 4.05. The lowest BCUT2D eigenvalue weighted by Gasteiger charge is -2.26. The Hall–Kier alpha value is -0.900. The zero-order valence-corrected chi connectivity index (χ0v) is 11.6. The van der Waals surface area contributed by atoms with Crippen molar-refractivity contribution < 1.29 is 4.79 Å². The molecule has 2 heterocycles. The molecule has 0 radical (unpaired) electrons. The molecule has 1 aliphatic heterocycles. The average molecular weight is 252 g/mol. The molecule has 1 aromatic heterocycles. The van der Waals surface area contributed by atoms with Crippen LogP contribution in [0.5, 0.6) is 0 Å². The number of ketones is 1. The summed E-state index contributed by atoms with van der Waals surface area (Å²) >= 11 is 1.53. The first-order chi connectivity index (χ1) is 8.10. The summed E-state index contributed by atoms with van der Waals surface area (Å²) in [6, 6.07) is 0. The van der Waals surface area contributed by atoms with Crippen LogP contribution >= 0.6 is 11.3 Å². The highest BCUT2D eigenvalue weighted by atomic mass is 32.1. The molecule has 0 amide bonds. The number of thiazole rings is 1. The van der Waals surface area contributed by atoms with E-state index in [0.29, 0.717) is 5.41 Å². The summed E-state index contributed by atoms with van der Waals surface area (Å²) in [7, 11) is 0. The minimum absolute atomic E-state index is 0.116. The van der Waals surface area contributed by atoms with E-state index in [1.807, 2.05) is 0 Å². The number of hydrogen-bond donors (Lipinski definition) is 0. The monoisotopic (exact) mass is 252 g/mol. The number of rotatable bonds is 4. The third kappa shape index (κ3) is 2.37. The number of anilines is 1. The van der Waals surface area contributed by atoms with Crippen LogP contribution < -0.4 is 4.90 Å². The van der Waals surface area contributed by atoms with E-state index in [1.165, 1.54) is 30.6 Å². The summed E-state index contributed by atoms with van der Waals surface area (Å²) < 4.78 is 0. The Bertz CT molecular complexity index is 409. The van der Waals surface area contributed by atoms with Crippen molar-refractivity contribution in [3.05, 3.63) is 11.1 Å². The van der Waals surface area contributed by atoms with E-state index in [1.54, 1.807) is 13.1 Å². The lowest BCUT2D eigenvalue weighted by Crippen LogP contribution is -2.25. The van der Waals surface area contributed by atoms with Gasteiger partial charge in [-0.05, 0) is 24.7 Å². The van der Waals surface area contributed by atoms with Crippen molar-refractivity contribution >= 4 is 22.3 Å². The van der Waals surface area contributed by atoms with E-state index in [9.17, 15) is 4.79 Å². The number of hydrogen-bond acceptors (Lipinski definition) is 4. The maximum Gasteiger partial charge on any atom is 0.185 e. The van der Waals surface area contributed by atoms with E-state index in [4.69, 9.17) is 0 Å². The predicted octanol–water partition coefficient (Wildman–Crippen LogP) is 3.36. The van der Waals surface area contributed by atoms with E-state index in [0.717, 1.165) is 23.1 Å². The molecule has 1 aliphatic rings. The summed E-state index contributed by atoms with van der Waals surface area (Å²) in [5, 5.41) is 1.01. The minimum Gasteiger partial charge on any atom is -0.348 e. The largest absolute Gasteiger partial charge is 0.348 e. The van der Waals surface area contributed by atoms with Gasteiger partial charge >= 0.3 is 0 Å². The Balaban J connectivity index is 2.12. The van der Waals surface area contributed by atoms with Gasteiger partial charge < -0.3 is 4.90 Å². The predicted molar refractivity (Wildman–Crippen MR) is 72.0 cm³/mol. The second kappa shape index (κ2) is 4.77. The van der Waals surface area contributed by atoms with Crippen LogP contribution in [0.2, 0.25) is 0 Å². The van der Waals surface area contributed by atoms with Crippen molar-refractivity contribution in [2.75, 3.05) is 18.0 Å². The van der Waals surface area contributed by atoms with Gasteiger partial charge in [-0.1, -0.05) is 25.2 Å². The molecule has 2 rings (SSSR count). The highest BCUT2D eigenvalue weighted by Crippen LogP contribution is 2.39. The van der Waals surface area contributed by atoms with Crippen LogP contribution in [0.4, 0.5) is 5.13 Å². The number of aromatic nitrogens is 1. The number of carbonyl (C=O) groups is 1. The van der Waals surface area contributed by atoms with E-state index >= 15 is 0 Å². The van der Waals surface area contributed by atoms with Crippen molar-refractivity contribution in [3.8, 4) is 0 Å². The molecule has 1 aromatic rings. The van der Waals surface area contributed by atoms with E-state index < -0.39 is 0 Å². The molecule has 0 unspecified atom stereocenters. The molecule has 0 atom stereocenters. The number of nitrogens with zero attached hydrogens (tertiary/aromatic N) is 2. The van der Waals surface area contributed by atoms with Gasteiger partial charge in [0.25, 0.3) is 0 Å². The maximum absolute atomic E-state index is 11.3. The van der Waals surface area contributed by atoms with Crippen molar-refractivity contribution in [3.63, 3.8) is 0 Å². The second-order valence-corrected chi connectivity index (χ2v) is 5.95. The molecular formula is C13H20N2OS. The highest BCUT2D eigenvalue weighted by Gasteiger charge is 2.35. The van der Waals surface area contributed by atoms with Crippen LogP contribution in [0.3, 0.4) is 0 Å². The van der Waals surface area contributed by atoms with Gasteiger partial charge in [0, 0.05) is 20.0 Å². The summed E-state index contributed by atoms with van der Waals surface area (Å²) in [5.74, 6) is 0.116. The van der Waals surface area contributed by atoms with Crippen LogP contribution in [-0.4, -0.2) is 23.9 Å². The zero-order valence-electron chi connectivity index (χ0n) is 10.8. The van der Waals surface area contributed by atoms with Crippen LogP contribution in [-0.2, 0) is 0 Å². The summed E-state index contributed by atoms with van der Waals surface area (Å²) in [5.41, 5.74) is 0.460. The quantitative estimate of drug-likeness (QED) is 0.770. The molecule has 0 bridgehead atoms. The van der Waals surface area contributed by atoms with E-state index in [-0.39, 0.29) is 5.78 Å². The standard InChI is InChI=1S/C13H20N2OS/c1-4-13(5-2)6-7-15(9-13)12-14-8-11(17-12)10(3)16/h8H,4-7,9H2,1-3H3. The Labute approximate surface area is 107 Å². The SMILES string of the molecule is CCC1(CC)CCN(c2ncc(C(C)=O)s2)C1. The Kier molecular flexibility index (Phi) is 3.52. The Morgan fingerprint density at radius 1 is 1.53 bits per heavy atom. The smallest absolute Gasteiger partial charge is 0.185 e. The molecule has 94 valence electrons. The third-order valence-corrected chi connectivity index (χ3v) is 5.21. The summed E-state index contributed by atoms with van der Waals surface area (Å²) in [6.45, 7) is 8.31. The molecule has 1 saturated heterocycles. The normalized spacial score (nSPS) is 18.6. The lowest BCUT2D eigenvalue weighted by molar-refractivity contribution is 0.102. The van der Waals surface area contributed by atoms with Gasteiger partial charge in [-0.25, -0.2) is 4.98 Å². The first-order valence-corrected chi connectivity index (χ1v) is 7.13. The van der Waals surface area contributed by atoms with Gasteiger partial charge in [-0.15, -0.1) is 0 Å². The minimum atomic E-state index is 0.116. The molecule has 1 fully saturated rings. The Morgan fingerprint density at radius 2 is 2.24 bits per heavy atom. The van der Waals surface area contributed by atoms with Crippen LogP contribution in [0.1, 0.15) is 49.7 Å². The highest BCUT2D eigenvalue weighted by molar-refractivity contribution is 7.17.